The van der Waals surface area contributed by atoms with Crippen LogP contribution in [0, 0.1) is 11.3 Å². The average Bonchev–Trinajstić information content (AvgIpc) is 3.09. The number of rotatable bonds is 4. The van der Waals surface area contributed by atoms with E-state index < -0.39 is 26.1 Å². The molecule has 1 aromatic heterocycles. The molecule has 0 bridgehead atoms. The highest BCUT2D eigenvalue weighted by Crippen LogP contribution is 2.40. The number of hydrogen-bond acceptors (Lipinski definition) is 5. The zero-order valence-corrected chi connectivity index (χ0v) is 19.4. The number of nitrogens with one attached hydrogen (secondary N) is 1. The van der Waals surface area contributed by atoms with Gasteiger partial charge in [0.05, 0.1) is 28.1 Å². The maximum Gasteiger partial charge on any atom is 0.268 e. The lowest BCUT2D eigenvalue weighted by molar-refractivity contribution is 0.488. The quantitative estimate of drug-likeness (QED) is 0.595. The maximum absolute atomic E-state index is 13.7. The Hall–Kier alpha value is -2.31. The number of aromatic nitrogens is 1. The van der Waals surface area contributed by atoms with Crippen LogP contribution in [0.3, 0.4) is 0 Å². The van der Waals surface area contributed by atoms with Gasteiger partial charge in [0.1, 0.15) is 4.75 Å². The van der Waals surface area contributed by atoms with E-state index in [1.807, 2.05) is 51.1 Å². The fourth-order valence-electron chi connectivity index (χ4n) is 4.04. The van der Waals surface area contributed by atoms with Gasteiger partial charge in [0.2, 0.25) is 0 Å². The highest BCUT2D eigenvalue weighted by Gasteiger charge is 2.36. The molecule has 0 saturated carbocycles. The molecule has 3 aromatic rings. The van der Waals surface area contributed by atoms with Gasteiger partial charge in [-0.1, -0.05) is 18.2 Å². The van der Waals surface area contributed by atoms with Gasteiger partial charge in [-0.15, -0.1) is 4.72 Å². The van der Waals surface area contributed by atoms with E-state index in [0.717, 1.165) is 29.5 Å². The van der Waals surface area contributed by atoms with Crippen molar-refractivity contribution >= 4 is 32.3 Å². The third-order valence-corrected chi connectivity index (χ3v) is 8.93. The van der Waals surface area contributed by atoms with Crippen LogP contribution >= 0.6 is 0 Å². The van der Waals surface area contributed by atoms with Crippen molar-refractivity contribution in [1.82, 2.24) is 8.69 Å². The first kappa shape index (κ1) is 21.9. The van der Waals surface area contributed by atoms with Gasteiger partial charge in [-0.2, -0.15) is 5.26 Å². The van der Waals surface area contributed by atoms with Crippen LogP contribution in [-0.4, -0.2) is 21.7 Å². The second-order valence-electron chi connectivity index (χ2n) is 8.73. The standard InChI is InChI=1S/C23H25N3O3S2/c1-23(2,3)30(27)25-19-8-6-10-21-22(19)18-7-4-5-9-20(18)26(21)31(28,29)17-13-11-16(15-24)12-14-17/h4-5,7,9,11-14,19,25H,6,8,10H2,1-3H3/t19-,30?/m0/s1. The summed E-state index contributed by atoms with van der Waals surface area (Å²) in [6.45, 7) is 5.75. The second-order valence-corrected chi connectivity index (χ2v) is 12.5. The monoisotopic (exact) mass is 455 g/mol. The van der Waals surface area contributed by atoms with Gasteiger partial charge in [0, 0.05) is 28.0 Å². The summed E-state index contributed by atoms with van der Waals surface area (Å²) in [5.41, 5.74) is 2.68. The van der Waals surface area contributed by atoms with E-state index in [4.69, 9.17) is 5.26 Å². The number of hydrogen-bond donors (Lipinski definition) is 1. The molecule has 0 aliphatic heterocycles. The lowest BCUT2D eigenvalue weighted by Crippen LogP contribution is -2.42. The van der Waals surface area contributed by atoms with Crippen molar-refractivity contribution < 1.29 is 13.0 Å². The summed E-state index contributed by atoms with van der Waals surface area (Å²) in [7, 11) is -3.87. The van der Waals surface area contributed by atoms with Crippen molar-refractivity contribution in [2.75, 3.05) is 0 Å². The first-order valence-corrected chi connectivity index (χ1v) is 12.8. The molecule has 31 heavy (non-hydrogen) atoms. The average molecular weight is 456 g/mol. The highest BCUT2D eigenvalue weighted by atomic mass is 32.2. The summed E-state index contributed by atoms with van der Waals surface area (Å²) in [6.07, 6.45) is 2.21. The van der Waals surface area contributed by atoms with Gasteiger partial charge in [0.25, 0.3) is 10.0 Å². The topological polar surface area (TPSA) is 97.9 Å². The van der Waals surface area contributed by atoms with Crippen molar-refractivity contribution in [2.24, 2.45) is 0 Å². The van der Waals surface area contributed by atoms with Crippen LogP contribution in [0.4, 0.5) is 0 Å². The van der Waals surface area contributed by atoms with E-state index in [0.29, 0.717) is 17.5 Å². The minimum Gasteiger partial charge on any atom is -0.598 e. The number of benzene rings is 2. The Bertz CT molecular complexity index is 1270. The van der Waals surface area contributed by atoms with Gasteiger partial charge in [-0.3, -0.25) is 0 Å². The largest absolute Gasteiger partial charge is 0.598 e. The molecular weight excluding hydrogens is 430 g/mol. The van der Waals surface area contributed by atoms with Crippen LogP contribution in [0.5, 0.6) is 0 Å². The van der Waals surface area contributed by atoms with Gasteiger partial charge in [-0.25, -0.2) is 12.4 Å². The third kappa shape index (κ3) is 3.87. The summed E-state index contributed by atoms with van der Waals surface area (Å²) in [4.78, 5) is 0.142. The summed E-state index contributed by atoms with van der Waals surface area (Å²) in [5, 5.41) is 9.90. The van der Waals surface area contributed by atoms with Crippen LogP contribution < -0.4 is 4.72 Å². The Kier molecular flexibility index (Phi) is 5.64. The fourth-order valence-corrected chi connectivity index (χ4v) is 6.47. The molecule has 0 fully saturated rings. The van der Waals surface area contributed by atoms with Gasteiger partial charge < -0.3 is 4.55 Å². The molecule has 2 aromatic carbocycles. The zero-order valence-electron chi connectivity index (χ0n) is 17.8. The molecule has 1 unspecified atom stereocenters. The molecule has 0 radical (unpaired) electrons. The molecule has 0 amide bonds. The number of nitriles is 1. The van der Waals surface area contributed by atoms with Crippen molar-refractivity contribution in [2.45, 2.75) is 55.7 Å². The van der Waals surface area contributed by atoms with Gasteiger partial charge in [0.15, 0.2) is 0 Å². The van der Waals surface area contributed by atoms with Crippen LogP contribution in [0.2, 0.25) is 0 Å². The van der Waals surface area contributed by atoms with Gasteiger partial charge in [-0.05, 0) is 70.4 Å². The number of para-hydroxylation sites is 1. The van der Waals surface area contributed by atoms with E-state index in [9.17, 15) is 13.0 Å². The molecule has 1 heterocycles. The van der Waals surface area contributed by atoms with E-state index in [1.54, 1.807) is 0 Å². The number of fused-ring (bicyclic) bond motifs is 3. The lowest BCUT2D eigenvalue weighted by Gasteiger charge is -2.30. The minimum absolute atomic E-state index is 0.142. The molecule has 162 valence electrons. The molecule has 1 N–H and O–H groups in total. The lowest BCUT2D eigenvalue weighted by atomic mass is 9.91. The summed E-state index contributed by atoms with van der Waals surface area (Å²) in [5.74, 6) is 0. The smallest absolute Gasteiger partial charge is 0.268 e. The first-order valence-electron chi connectivity index (χ1n) is 10.2. The highest BCUT2D eigenvalue weighted by molar-refractivity contribution is 7.91. The molecular formula is C23H25N3O3S2. The molecule has 0 saturated heterocycles. The number of nitrogens with zero attached hydrogens (tertiary/aromatic N) is 2. The third-order valence-electron chi connectivity index (χ3n) is 5.55. The Morgan fingerprint density at radius 1 is 1.16 bits per heavy atom. The molecule has 8 heteroatoms. The van der Waals surface area contributed by atoms with Crippen LogP contribution in [0.15, 0.2) is 53.4 Å². The van der Waals surface area contributed by atoms with E-state index in [2.05, 4.69) is 4.72 Å². The van der Waals surface area contributed by atoms with E-state index >= 15 is 0 Å². The predicted octanol–water partition coefficient (Wildman–Crippen LogP) is 4.18. The molecule has 6 nitrogen and oxygen atoms in total. The van der Waals surface area contributed by atoms with Crippen molar-refractivity contribution in [3.8, 4) is 6.07 Å². The van der Waals surface area contributed by atoms with Crippen molar-refractivity contribution in [1.29, 1.82) is 5.26 Å². The minimum atomic E-state index is -3.87. The van der Waals surface area contributed by atoms with Crippen molar-refractivity contribution in [3.05, 3.63) is 65.4 Å². The van der Waals surface area contributed by atoms with Crippen LogP contribution in [-0.2, 0) is 27.8 Å². The summed E-state index contributed by atoms with van der Waals surface area (Å²) in [6, 6.07) is 15.3. The molecule has 1 aliphatic carbocycles. The zero-order chi connectivity index (χ0) is 22.4. The first-order chi connectivity index (χ1) is 14.6. The van der Waals surface area contributed by atoms with E-state index in [-0.39, 0.29) is 10.9 Å². The van der Waals surface area contributed by atoms with Crippen molar-refractivity contribution in [3.63, 3.8) is 0 Å². The Morgan fingerprint density at radius 3 is 2.48 bits per heavy atom. The fraction of sp³-hybridized carbons (Fsp3) is 0.348. The van der Waals surface area contributed by atoms with E-state index in [1.165, 1.54) is 28.2 Å². The second kappa shape index (κ2) is 7.99. The molecule has 1 aliphatic rings. The molecule has 4 rings (SSSR count). The predicted molar refractivity (Wildman–Crippen MR) is 122 cm³/mol. The summed E-state index contributed by atoms with van der Waals surface area (Å²) < 4.78 is 44.4. The van der Waals surface area contributed by atoms with Crippen LogP contribution in [0.1, 0.15) is 56.5 Å². The Balaban J connectivity index is 1.90. The van der Waals surface area contributed by atoms with Gasteiger partial charge >= 0.3 is 0 Å². The summed E-state index contributed by atoms with van der Waals surface area (Å²) >= 11 is -1.28. The molecule has 2 atom stereocenters. The Labute approximate surface area is 186 Å². The SMILES string of the molecule is CC(C)(C)[S+]([O-])N[C@H]1CCCc2c1c1ccccc1n2S(=O)(=O)c1ccc(C#N)cc1. The normalized spacial score (nSPS) is 17.8. The van der Waals surface area contributed by atoms with Crippen LogP contribution in [0.25, 0.3) is 10.9 Å². The Morgan fingerprint density at radius 2 is 1.84 bits per heavy atom. The maximum atomic E-state index is 13.7. The molecule has 0 spiro atoms.